The molecule has 2 aromatic heterocycles. The van der Waals surface area contributed by atoms with Crippen LogP contribution in [0.3, 0.4) is 0 Å². The summed E-state index contributed by atoms with van der Waals surface area (Å²) < 4.78 is 5.17. The molecule has 3 heterocycles. The average Bonchev–Trinajstić information content (AvgIpc) is 2.97. The van der Waals surface area contributed by atoms with E-state index in [1.54, 1.807) is 0 Å². The molecule has 2 aromatic rings. The topological polar surface area (TPSA) is 87.0 Å². The minimum absolute atomic E-state index is 0.0359. The smallest absolute Gasteiger partial charge is 0.244 e. The zero-order valence-corrected chi connectivity index (χ0v) is 8.55. The molecule has 1 saturated heterocycles. The molecule has 1 fully saturated rings. The molecule has 0 aliphatic carbocycles. The molecule has 0 amide bonds. The summed E-state index contributed by atoms with van der Waals surface area (Å²) in [6.45, 7) is 0.574. The van der Waals surface area contributed by atoms with Crippen LogP contribution in [0.4, 0.5) is 0 Å². The van der Waals surface area contributed by atoms with Crippen LogP contribution in [0, 0.1) is 0 Å². The van der Waals surface area contributed by atoms with Crippen molar-refractivity contribution in [2.45, 2.75) is 18.6 Å². The highest BCUT2D eigenvalue weighted by atomic mass is 16.5. The Morgan fingerprint density at radius 3 is 3.12 bits per heavy atom. The van der Waals surface area contributed by atoms with Crippen molar-refractivity contribution in [1.29, 1.82) is 0 Å². The monoisotopic (exact) mass is 220 g/mol. The maximum atomic E-state index is 9.39. The van der Waals surface area contributed by atoms with Gasteiger partial charge in [-0.3, -0.25) is 0 Å². The van der Waals surface area contributed by atoms with E-state index in [-0.39, 0.29) is 12.1 Å². The Morgan fingerprint density at radius 2 is 2.44 bits per heavy atom. The van der Waals surface area contributed by atoms with Gasteiger partial charge < -0.3 is 19.9 Å². The summed E-state index contributed by atoms with van der Waals surface area (Å²) in [5, 5.41) is 16.4. The Labute approximate surface area is 91.7 Å². The van der Waals surface area contributed by atoms with Crippen LogP contribution in [0.5, 0.6) is 0 Å². The van der Waals surface area contributed by atoms with Crippen LogP contribution in [-0.4, -0.2) is 32.9 Å². The van der Waals surface area contributed by atoms with Crippen molar-refractivity contribution in [2.75, 3.05) is 6.54 Å². The minimum atomic E-state index is -0.328. The van der Waals surface area contributed by atoms with Crippen LogP contribution in [0.25, 0.3) is 11.5 Å². The van der Waals surface area contributed by atoms with E-state index >= 15 is 0 Å². The van der Waals surface area contributed by atoms with Gasteiger partial charge in [-0.05, 0) is 18.6 Å². The van der Waals surface area contributed by atoms with Crippen LogP contribution in [-0.2, 0) is 0 Å². The zero-order valence-electron chi connectivity index (χ0n) is 8.55. The Hall–Kier alpha value is -1.66. The normalized spacial score (nSPS) is 25.1. The fourth-order valence-electron chi connectivity index (χ4n) is 1.86. The van der Waals surface area contributed by atoms with Gasteiger partial charge in [0.05, 0.1) is 17.8 Å². The lowest BCUT2D eigenvalue weighted by Gasteiger charge is -2.01. The van der Waals surface area contributed by atoms with E-state index < -0.39 is 0 Å². The third kappa shape index (κ3) is 1.62. The van der Waals surface area contributed by atoms with Gasteiger partial charge in [-0.15, -0.1) is 0 Å². The van der Waals surface area contributed by atoms with Gasteiger partial charge in [-0.25, -0.2) is 0 Å². The molecule has 0 spiro atoms. The third-order valence-corrected chi connectivity index (χ3v) is 2.69. The molecular weight excluding hydrogens is 208 g/mol. The summed E-state index contributed by atoms with van der Waals surface area (Å²) in [7, 11) is 0. The molecule has 3 rings (SSSR count). The summed E-state index contributed by atoms with van der Waals surface area (Å²) in [5.41, 5.74) is 0.827. The summed E-state index contributed by atoms with van der Waals surface area (Å²) in [5.74, 6) is 1.07. The van der Waals surface area contributed by atoms with E-state index in [1.165, 1.54) is 0 Å². The number of aliphatic hydroxyl groups is 1. The van der Waals surface area contributed by atoms with E-state index in [4.69, 9.17) is 4.52 Å². The fourth-order valence-corrected chi connectivity index (χ4v) is 1.86. The quantitative estimate of drug-likeness (QED) is 0.684. The van der Waals surface area contributed by atoms with Crippen molar-refractivity contribution in [3.05, 3.63) is 24.2 Å². The number of aromatic nitrogens is 3. The first-order valence-corrected chi connectivity index (χ1v) is 5.22. The number of aliphatic hydroxyl groups excluding tert-OH is 1. The van der Waals surface area contributed by atoms with Crippen LogP contribution in [0.15, 0.2) is 22.9 Å². The van der Waals surface area contributed by atoms with Crippen molar-refractivity contribution >= 4 is 0 Å². The zero-order chi connectivity index (χ0) is 11.0. The Bertz CT molecular complexity index is 465. The second-order valence-electron chi connectivity index (χ2n) is 3.89. The molecule has 0 saturated carbocycles. The molecule has 6 nitrogen and oxygen atoms in total. The molecule has 1 aliphatic heterocycles. The van der Waals surface area contributed by atoms with Gasteiger partial charge in [-0.2, -0.15) is 4.98 Å². The Kier molecular flexibility index (Phi) is 2.23. The van der Waals surface area contributed by atoms with Crippen molar-refractivity contribution in [2.24, 2.45) is 0 Å². The minimum Gasteiger partial charge on any atom is -0.392 e. The van der Waals surface area contributed by atoms with Gasteiger partial charge in [0.2, 0.25) is 11.7 Å². The van der Waals surface area contributed by atoms with Gasteiger partial charge in [0.25, 0.3) is 0 Å². The van der Waals surface area contributed by atoms with Gasteiger partial charge in [0.1, 0.15) is 0 Å². The van der Waals surface area contributed by atoms with E-state index in [9.17, 15) is 5.11 Å². The highest BCUT2D eigenvalue weighted by Crippen LogP contribution is 2.23. The first-order chi connectivity index (χ1) is 7.83. The molecule has 16 heavy (non-hydrogen) atoms. The van der Waals surface area contributed by atoms with Gasteiger partial charge >= 0.3 is 0 Å². The van der Waals surface area contributed by atoms with E-state index in [1.807, 2.05) is 18.3 Å². The molecule has 0 radical (unpaired) electrons. The number of nitrogens with one attached hydrogen (secondary N) is 2. The molecule has 6 heteroatoms. The van der Waals surface area contributed by atoms with E-state index in [0.717, 1.165) is 5.69 Å². The van der Waals surface area contributed by atoms with Gasteiger partial charge in [0, 0.05) is 12.7 Å². The lowest BCUT2D eigenvalue weighted by atomic mass is 10.2. The number of β-amino-alcohol motifs (C(OH)–C–C–N with tert-alkyl or cyclic N) is 1. The number of rotatable bonds is 2. The van der Waals surface area contributed by atoms with Crippen LogP contribution >= 0.6 is 0 Å². The molecule has 1 aliphatic rings. The summed E-state index contributed by atoms with van der Waals surface area (Å²) >= 11 is 0. The number of hydrogen-bond acceptors (Lipinski definition) is 5. The third-order valence-electron chi connectivity index (χ3n) is 2.69. The van der Waals surface area contributed by atoms with Crippen LogP contribution in [0.1, 0.15) is 18.4 Å². The summed E-state index contributed by atoms with van der Waals surface area (Å²) in [6.07, 6.45) is 2.10. The predicted molar refractivity (Wildman–Crippen MR) is 55.5 cm³/mol. The maximum absolute atomic E-state index is 9.39. The number of hydrogen-bond donors (Lipinski definition) is 3. The van der Waals surface area contributed by atoms with Crippen molar-refractivity contribution in [3.8, 4) is 11.5 Å². The highest BCUT2D eigenvalue weighted by Gasteiger charge is 2.28. The Morgan fingerprint density at radius 1 is 1.50 bits per heavy atom. The van der Waals surface area contributed by atoms with Crippen molar-refractivity contribution in [3.63, 3.8) is 0 Å². The summed E-state index contributed by atoms with van der Waals surface area (Å²) in [6, 6.07) is 3.72. The van der Waals surface area contributed by atoms with Crippen LogP contribution < -0.4 is 5.32 Å². The lowest BCUT2D eigenvalue weighted by Crippen LogP contribution is -2.15. The van der Waals surface area contributed by atoms with Crippen LogP contribution in [0.2, 0.25) is 0 Å². The van der Waals surface area contributed by atoms with E-state index in [2.05, 4.69) is 20.4 Å². The molecule has 3 N–H and O–H groups in total. The van der Waals surface area contributed by atoms with Gasteiger partial charge in [-0.1, -0.05) is 5.16 Å². The molecular formula is C10H12N4O2. The largest absolute Gasteiger partial charge is 0.392 e. The Balaban J connectivity index is 1.83. The lowest BCUT2D eigenvalue weighted by molar-refractivity contribution is 0.191. The SMILES string of the molecule is OC1CNC(c2nc(-c3ccc[nH]3)no2)C1. The van der Waals surface area contributed by atoms with E-state index in [0.29, 0.717) is 24.7 Å². The highest BCUT2D eigenvalue weighted by molar-refractivity contribution is 5.47. The molecule has 84 valence electrons. The van der Waals surface area contributed by atoms with Gasteiger partial charge in [0.15, 0.2) is 0 Å². The predicted octanol–water partition coefficient (Wildman–Crippen LogP) is 0.460. The first kappa shape index (κ1) is 9.56. The summed E-state index contributed by atoms with van der Waals surface area (Å²) in [4.78, 5) is 7.30. The number of H-pyrrole nitrogens is 1. The van der Waals surface area contributed by atoms with Crippen molar-refractivity contribution < 1.29 is 9.63 Å². The second kappa shape index (κ2) is 3.73. The second-order valence-corrected chi connectivity index (χ2v) is 3.89. The maximum Gasteiger partial charge on any atom is 0.244 e. The number of nitrogens with zero attached hydrogens (tertiary/aromatic N) is 2. The first-order valence-electron chi connectivity index (χ1n) is 5.22. The van der Waals surface area contributed by atoms with Crippen molar-refractivity contribution in [1.82, 2.24) is 20.4 Å². The standard InChI is InChI=1S/C10H12N4O2/c15-6-4-8(12-5-6)10-13-9(14-16-10)7-2-1-3-11-7/h1-3,6,8,11-12,15H,4-5H2. The molecule has 0 bridgehead atoms. The number of aromatic amines is 1. The average molecular weight is 220 g/mol. The fraction of sp³-hybridized carbons (Fsp3) is 0.400. The molecule has 2 atom stereocenters. The molecule has 0 aromatic carbocycles. The molecule has 2 unspecified atom stereocenters.